The maximum Gasteiger partial charge on any atom is 0.288 e. The number of hydrogen-bond donors (Lipinski definition) is 2. The van der Waals surface area contributed by atoms with Crippen LogP contribution in [0.4, 0.5) is 11.5 Å². The molecule has 0 atom stereocenters. The number of carbonyl (C=O) groups is 1. The summed E-state index contributed by atoms with van der Waals surface area (Å²) in [5, 5.41) is 13.3. The SMILES string of the molecule is Nc1ncc([N+](=O)[O-])cc1C(=O)NCCc1ccc(Cl)s1. The molecule has 0 radical (unpaired) electrons. The number of amides is 1. The molecule has 7 nitrogen and oxygen atoms in total. The number of nitrogens with zero attached hydrogens (tertiary/aromatic N) is 2. The van der Waals surface area contributed by atoms with E-state index in [1.807, 2.05) is 6.07 Å². The van der Waals surface area contributed by atoms with E-state index in [0.29, 0.717) is 17.3 Å². The summed E-state index contributed by atoms with van der Waals surface area (Å²) in [6.45, 7) is 0.373. The minimum atomic E-state index is -0.628. The van der Waals surface area contributed by atoms with E-state index in [4.69, 9.17) is 17.3 Å². The molecule has 0 saturated heterocycles. The average Bonchev–Trinajstić information content (AvgIpc) is 2.84. The molecule has 2 rings (SSSR count). The Morgan fingerprint density at radius 2 is 2.29 bits per heavy atom. The van der Waals surface area contributed by atoms with Crippen molar-refractivity contribution in [3.63, 3.8) is 0 Å². The lowest BCUT2D eigenvalue weighted by molar-refractivity contribution is -0.385. The number of aromatic nitrogens is 1. The van der Waals surface area contributed by atoms with Crippen LogP contribution in [-0.4, -0.2) is 22.4 Å². The summed E-state index contributed by atoms with van der Waals surface area (Å²) in [6, 6.07) is 4.77. The van der Waals surface area contributed by atoms with E-state index in [2.05, 4.69) is 10.3 Å². The number of hydrogen-bond acceptors (Lipinski definition) is 6. The number of nitrogen functional groups attached to an aromatic ring is 1. The standard InChI is InChI=1S/C12H11ClN4O3S/c13-10-2-1-8(21-10)3-4-15-12(18)9-5-7(17(19)20)6-16-11(9)14/h1-2,5-6H,3-4H2,(H2,14,16)(H,15,18). The van der Waals surface area contributed by atoms with Gasteiger partial charge < -0.3 is 11.1 Å². The van der Waals surface area contributed by atoms with Gasteiger partial charge >= 0.3 is 0 Å². The van der Waals surface area contributed by atoms with Gasteiger partial charge in [0.15, 0.2) is 0 Å². The largest absolute Gasteiger partial charge is 0.383 e. The Morgan fingerprint density at radius 1 is 1.52 bits per heavy atom. The molecule has 2 aromatic heterocycles. The van der Waals surface area contributed by atoms with Gasteiger partial charge in [0.05, 0.1) is 14.8 Å². The zero-order valence-electron chi connectivity index (χ0n) is 10.7. The summed E-state index contributed by atoms with van der Waals surface area (Å²) in [6.07, 6.45) is 1.63. The van der Waals surface area contributed by atoms with E-state index in [0.717, 1.165) is 17.1 Å². The topological polar surface area (TPSA) is 111 Å². The van der Waals surface area contributed by atoms with Crippen LogP contribution in [0.5, 0.6) is 0 Å². The quantitative estimate of drug-likeness (QED) is 0.646. The number of carbonyl (C=O) groups excluding carboxylic acids is 1. The molecule has 3 N–H and O–H groups in total. The minimum Gasteiger partial charge on any atom is -0.383 e. The first-order valence-electron chi connectivity index (χ1n) is 5.89. The van der Waals surface area contributed by atoms with Crippen molar-refractivity contribution < 1.29 is 9.72 Å². The molecule has 0 fully saturated rings. The maximum atomic E-state index is 12.0. The van der Waals surface area contributed by atoms with Crippen LogP contribution < -0.4 is 11.1 Å². The summed E-state index contributed by atoms with van der Waals surface area (Å²) in [4.78, 5) is 26.7. The van der Waals surface area contributed by atoms with Gasteiger partial charge in [0, 0.05) is 17.5 Å². The van der Waals surface area contributed by atoms with E-state index < -0.39 is 10.8 Å². The summed E-state index contributed by atoms with van der Waals surface area (Å²) >= 11 is 7.24. The normalized spacial score (nSPS) is 10.3. The van der Waals surface area contributed by atoms with Crippen LogP contribution >= 0.6 is 22.9 Å². The van der Waals surface area contributed by atoms with Crippen molar-refractivity contribution in [1.29, 1.82) is 0 Å². The molecule has 2 heterocycles. The van der Waals surface area contributed by atoms with Crippen LogP contribution in [0.3, 0.4) is 0 Å². The second-order valence-electron chi connectivity index (χ2n) is 4.10. The van der Waals surface area contributed by atoms with Crippen molar-refractivity contribution in [2.75, 3.05) is 12.3 Å². The van der Waals surface area contributed by atoms with Crippen LogP contribution in [0, 0.1) is 10.1 Å². The summed E-state index contributed by atoms with van der Waals surface area (Å²) < 4.78 is 0.684. The van der Waals surface area contributed by atoms with Crippen LogP contribution in [-0.2, 0) is 6.42 Å². The first-order valence-corrected chi connectivity index (χ1v) is 7.09. The molecule has 0 bridgehead atoms. The number of nitrogens with two attached hydrogens (primary N) is 1. The maximum absolute atomic E-state index is 12.0. The molecule has 110 valence electrons. The molecule has 0 saturated carbocycles. The summed E-state index contributed by atoms with van der Waals surface area (Å²) in [5.41, 5.74) is 5.28. The van der Waals surface area contributed by atoms with E-state index >= 15 is 0 Å². The third kappa shape index (κ3) is 3.89. The zero-order chi connectivity index (χ0) is 15.4. The molecule has 0 aliphatic carbocycles. The van der Waals surface area contributed by atoms with Crippen molar-refractivity contribution >= 4 is 40.4 Å². The number of pyridine rings is 1. The number of nitrogens with one attached hydrogen (secondary N) is 1. The lowest BCUT2D eigenvalue weighted by atomic mass is 10.2. The van der Waals surface area contributed by atoms with Gasteiger partial charge in [-0.2, -0.15) is 0 Å². The van der Waals surface area contributed by atoms with E-state index in [1.165, 1.54) is 11.3 Å². The highest BCUT2D eigenvalue weighted by molar-refractivity contribution is 7.16. The van der Waals surface area contributed by atoms with Crippen molar-refractivity contribution in [1.82, 2.24) is 10.3 Å². The second kappa shape index (κ2) is 6.51. The van der Waals surface area contributed by atoms with Crippen LogP contribution in [0.25, 0.3) is 0 Å². The molecule has 9 heteroatoms. The lowest BCUT2D eigenvalue weighted by Crippen LogP contribution is -2.26. The molecular weight excluding hydrogens is 316 g/mol. The van der Waals surface area contributed by atoms with E-state index in [9.17, 15) is 14.9 Å². The number of rotatable bonds is 5. The monoisotopic (exact) mass is 326 g/mol. The lowest BCUT2D eigenvalue weighted by Gasteiger charge is -2.06. The highest BCUT2D eigenvalue weighted by Crippen LogP contribution is 2.21. The number of halogens is 1. The van der Waals surface area contributed by atoms with Gasteiger partial charge in [-0.25, -0.2) is 4.98 Å². The fraction of sp³-hybridized carbons (Fsp3) is 0.167. The molecule has 0 aromatic carbocycles. The van der Waals surface area contributed by atoms with Gasteiger partial charge in [0.2, 0.25) is 0 Å². The third-order valence-corrected chi connectivity index (χ3v) is 3.94. The fourth-order valence-electron chi connectivity index (χ4n) is 1.63. The molecule has 1 amide bonds. The Kier molecular flexibility index (Phi) is 4.71. The van der Waals surface area contributed by atoms with Crippen LogP contribution in [0.2, 0.25) is 4.34 Å². The molecule has 21 heavy (non-hydrogen) atoms. The Hall–Kier alpha value is -2.19. The van der Waals surface area contributed by atoms with Gasteiger partial charge in [-0.05, 0) is 18.6 Å². The van der Waals surface area contributed by atoms with Crippen molar-refractivity contribution in [2.45, 2.75) is 6.42 Å². The number of nitro groups is 1. The van der Waals surface area contributed by atoms with Gasteiger partial charge in [0.25, 0.3) is 11.6 Å². The summed E-state index contributed by atoms with van der Waals surface area (Å²) in [7, 11) is 0. The fourth-order valence-corrected chi connectivity index (χ4v) is 2.71. The molecule has 0 spiro atoms. The number of thiophene rings is 1. The molecule has 0 unspecified atom stereocenters. The van der Waals surface area contributed by atoms with Crippen molar-refractivity contribution in [2.24, 2.45) is 0 Å². The Morgan fingerprint density at radius 3 is 2.90 bits per heavy atom. The molecular formula is C12H11ClN4O3S. The first kappa shape index (κ1) is 15.2. The summed E-state index contributed by atoms with van der Waals surface area (Å²) in [5.74, 6) is -0.538. The predicted molar refractivity (Wildman–Crippen MR) is 80.7 cm³/mol. The van der Waals surface area contributed by atoms with Crippen molar-refractivity contribution in [3.05, 3.63) is 49.3 Å². The predicted octanol–water partition coefficient (Wildman–Crippen LogP) is 2.26. The highest BCUT2D eigenvalue weighted by Gasteiger charge is 2.16. The first-order chi connectivity index (χ1) is 9.97. The molecule has 0 aliphatic rings. The zero-order valence-corrected chi connectivity index (χ0v) is 12.3. The smallest absolute Gasteiger partial charge is 0.288 e. The van der Waals surface area contributed by atoms with Gasteiger partial charge in [0.1, 0.15) is 12.0 Å². The van der Waals surface area contributed by atoms with Crippen molar-refractivity contribution in [3.8, 4) is 0 Å². The minimum absolute atomic E-state index is 0.00610. The molecule has 2 aromatic rings. The second-order valence-corrected chi connectivity index (χ2v) is 5.89. The average molecular weight is 327 g/mol. The Labute approximate surface area is 128 Å². The van der Waals surface area contributed by atoms with Gasteiger partial charge in [-0.1, -0.05) is 11.6 Å². The number of anilines is 1. The van der Waals surface area contributed by atoms with E-state index in [1.54, 1.807) is 6.07 Å². The van der Waals surface area contributed by atoms with E-state index in [-0.39, 0.29) is 17.1 Å². The van der Waals surface area contributed by atoms with Crippen LogP contribution in [0.15, 0.2) is 24.4 Å². The highest BCUT2D eigenvalue weighted by atomic mass is 35.5. The van der Waals surface area contributed by atoms with Crippen LogP contribution in [0.1, 0.15) is 15.2 Å². The Balaban J connectivity index is 1.99. The van der Waals surface area contributed by atoms with Gasteiger partial charge in [-0.3, -0.25) is 14.9 Å². The van der Waals surface area contributed by atoms with Gasteiger partial charge in [-0.15, -0.1) is 11.3 Å². The Bertz CT molecular complexity index is 689. The third-order valence-electron chi connectivity index (χ3n) is 2.65. The molecule has 0 aliphatic heterocycles.